The van der Waals surface area contributed by atoms with Gasteiger partial charge in [-0.3, -0.25) is 19.2 Å². The van der Waals surface area contributed by atoms with Gasteiger partial charge in [0.2, 0.25) is 0 Å². The lowest BCUT2D eigenvalue weighted by Crippen LogP contribution is -2.60. The van der Waals surface area contributed by atoms with E-state index in [0.717, 1.165) is 0 Å². The van der Waals surface area contributed by atoms with Gasteiger partial charge in [0, 0.05) is 28.9 Å². The Morgan fingerprint density at radius 1 is 1.03 bits per heavy atom. The summed E-state index contributed by atoms with van der Waals surface area (Å²) in [6, 6.07) is 0. The van der Waals surface area contributed by atoms with Gasteiger partial charge in [-0.2, -0.15) is 0 Å². The molecule has 1 heterocycles. The Morgan fingerprint density at radius 2 is 1.58 bits per heavy atom. The maximum absolute atomic E-state index is 13.2. The summed E-state index contributed by atoms with van der Waals surface area (Å²) in [7, 11) is 0. The predicted octanol–water partition coefficient (Wildman–Crippen LogP) is 3.41. The first kappa shape index (κ1) is 29.9. The van der Waals surface area contributed by atoms with Crippen LogP contribution in [0.4, 0.5) is 0 Å². The molecule has 1 saturated carbocycles. The summed E-state index contributed by atoms with van der Waals surface area (Å²) >= 11 is 0. The van der Waals surface area contributed by atoms with Gasteiger partial charge in [-0.15, -0.1) is 0 Å². The molecule has 0 radical (unpaired) electrons. The molecule has 0 saturated heterocycles. The molecule has 202 valence electrons. The maximum atomic E-state index is 13.2. The highest BCUT2D eigenvalue weighted by atomic mass is 16.5. The second kappa shape index (κ2) is 11.0. The molecule has 8 heteroatoms. The van der Waals surface area contributed by atoms with E-state index in [1.165, 1.54) is 13.8 Å². The number of hydrogen-bond acceptors (Lipinski definition) is 8. The lowest BCUT2D eigenvalue weighted by Gasteiger charge is -2.48. The molecule has 0 aliphatic heterocycles. The van der Waals surface area contributed by atoms with E-state index in [0.29, 0.717) is 23.3 Å². The van der Waals surface area contributed by atoms with Gasteiger partial charge in [0.25, 0.3) is 0 Å². The smallest absolute Gasteiger partial charge is 0.311 e. The Balaban J connectivity index is 2.20. The molecule has 1 aliphatic rings. The Labute approximate surface area is 213 Å². The number of aliphatic hydroxyl groups is 2. The number of aryl methyl sites for hydroxylation is 1. The van der Waals surface area contributed by atoms with Gasteiger partial charge >= 0.3 is 5.97 Å². The molecule has 1 aromatic heterocycles. The van der Waals surface area contributed by atoms with Gasteiger partial charge in [0.1, 0.15) is 29.2 Å². The van der Waals surface area contributed by atoms with Gasteiger partial charge in [-0.25, -0.2) is 0 Å². The van der Waals surface area contributed by atoms with Crippen LogP contribution in [0.5, 0.6) is 0 Å². The fraction of sp³-hybridized carbons (Fsp3) is 0.714. The van der Waals surface area contributed by atoms with E-state index in [4.69, 9.17) is 9.15 Å². The van der Waals surface area contributed by atoms with E-state index in [1.807, 2.05) is 0 Å². The molecule has 1 aliphatic carbocycles. The number of hydrogen-bond donors (Lipinski definition) is 2. The number of rotatable bonds is 8. The fourth-order valence-corrected chi connectivity index (χ4v) is 5.54. The molecular formula is C28H42O8. The van der Waals surface area contributed by atoms with Crippen LogP contribution in [0.15, 0.2) is 9.21 Å². The summed E-state index contributed by atoms with van der Waals surface area (Å²) in [4.78, 5) is 51.5. The van der Waals surface area contributed by atoms with Crippen LogP contribution in [-0.4, -0.2) is 45.6 Å². The minimum atomic E-state index is -1.36. The molecule has 1 fully saturated rings. The van der Waals surface area contributed by atoms with E-state index < -0.39 is 59.3 Å². The first-order valence-corrected chi connectivity index (χ1v) is 12.8. The zero-order valence-electron chi connectivity index (χ0n) is 23.2. The van der Waals surface area contributed by atoms with E-state index in [1.54, 1.807) is 55.4 Å². The highest BCUT2D eigenvalue weighted by Crippen LogP contribution is 2.42. The summed E-state index contributed by atoms with van der Waals surface area (Å²) in [5, 5.41) is 22.0. The quantitative estimate of drug-likeness (QED) is 0.513. The minimum Gasteiger partial charge on any atom is -0.465 e. The average Bonchev–Trinajstić information content (AvgIpc) is 2.87. The van der Waals surface area contributed by atoms with E-state index in [-0.39, 0.29) is 22.8 Å². The summed E-state index contributed by atoms with van der Waals surface area (Å²) in [6.07, 6.45) is -1.88. The van der Waals surface area contributed by atoms with Crippen molar-refractivity contribution in [2.75, 3.05) is 0 Å². The number of ketones is 2. The van der Waals surface area contributed by atoms with Crippen LogP contribution >= 0.6 is 0 Å². The Morgan fingerprint density at radius 3 is 2.11 bits per heavy atom. The van der Waals surface area contributed by atoms with Gasteiger partial charge in [0.15, 0.2) is 5.43 Å². The second-order valence-electron chi connectivity index (χ2n) is 10.7. The maximum Gasteiger partial charge on any atom is 0.311 e. The third kappa shape index (κ3) is 5.07. The minimum absolute atomic E-state index is 0.175. The Bertz CT molecular complexity index is 1070. The Hall–Kier alpha value is -2.32. The summed E-state index contributed by atoms with van der Waals surface area (Å²) in [5.41, 5.74) is -0.668. The molecule has 8 nitrogen and oxygen atoms in total. The van der Waals surface area contributed by atoms with Crippen molar-refractivity contribution >= 4 is 17.5 Å². The van der Waals surface area contributed by atoms with Crippen molar-refractivity contribution in [3.05, 3.63) is 32.9 Å². The molecule has 36 heavy (non-hydrogen) atoms. The van der Waals surface area contributed by atoms with Crippen molar-refractivity contribution in [3.8, 4) is 0 Å². The molecule has 0 spiro atoms. The predicted molar refractivity (Wildman–Crippen MR) is 135 cm³/mol. The topological polar surface area (TPSA) is 131 Å². The molecular weight excluding hydrogens is 464 g/mol. The number of aliphatic hydroxyl groups excluding tert-OH is 1. The standard InChI is InChI=1S/C28H42O8/c1-11-28(34)18(8)24(32)16(6)26(19(28)9)36-27(33)17(7)23(31)13(3)22(30)15(5)25-14(4)21(29)12(2)20(10)35-25/h13,15-19,23,26,31,34H,11H2,1-10H3/t13-,15-,16+,17-,18+,19-,23-,26+,28+/m1/s1. The largest absolute Gasteiger partial charge is 0.465 e. The molecule has 2 N–H and O–H groups in total. The first-order valence-electron chi connectivity index (χ1n) is 12.8. The highest BCUT2D eigenvalue weighted by molar-refractivity contribution is 5.88. The van der Waals surface area contributed by atoms with Crippen LogP contribution in [0.1, 0.15) is 83.5 Å². The number of ether oxygens (including phenoxy) is 1. The van der Waals surface area contributed by atoms with Crippen molar-refractivity contribution in [3.63, 3.8) is 0 Å². The molecule has 0 amide bonds. The van der Waals surface area contributed by atoms with Crippen LogP contribution in [-0.2, 0) is 19.1 Å². The van der Waals surface area contributed by atoms with Crippen LogP contribution in [0.2, 0.25) is 0 Å². The monoisotopic (exact) mass is 506 g/mol. The highest BCUT2D eigenvalue weighted by Gasteiger charge is 2.54. The average molecular weight is 507 g/mol. The first-order chi connectivity index (χ1) is 16.5. The van der Waals surface area contributed by atoms with Crippen LogP contribution in [0.25, 0.3) is 0 Å². The summed E-state index contributed by atoms with van der Waals surface area (Å²) in [6.45, 7) is 16.4. The molecule has 1 aromatic rings. The molecule has 0 bridgehead atoms. The van der Waals surface area contributed by atoms with Crippen molar-refractivity contribution < 1.29 is 33.8 Å². The van der Waals surface area contributed by atoms with Gasteiger partial charge < -0.3 is 19.4 Å². The lowest BCUT2D eigenvalue weighted by molar-refractivity contribution is -0.190. The van der Waals surface area contributed by atoms with Gasteiger partial charge in [-0.05, 0) is 41.0 Å². The fourth-order valence-electron chi connectivity index (χ4n) is 5.54. The number of carbonyl (C=O) groups excluding carboxylic acids is 3. The zero-order valence-corrected chi connectivity index (χ0v) is 23.2. The Kier molecular flexibility index (Phi) is 9.11. The van der Waals surface area contributed by atoms with Gasteiger partial charge in [-0.1, -0.05) is 34.6 Å². The van der Waals surface area contributed by atoms with E-state index in [9.17, 15) is 29.4 Å². The molecule has 9 atom stereocenters. The molecule has 0 aromatic carbocycles. The van der Waals surface area contributed by atoms with E-state index >= 15 is 0 Å². The van der Waals surface area contributed by atoms with Crippen LogP contribution < -0.4 is 5.43 Å². The number of Topliss-reactive ketones (excluding diaryl/α,β-unsaturated/α-hetero) is 2. The third-order valence-corrected chi connectivity index (χ3v) is 8.73. The van der Waals surface area contributed by atoms with Crippen molar-refractivity contribution in [2.24, 2.45) is 29.6 Å². The van der Waals surface area contributed by atoms with Crippen LogP contribution in [0, 0.1) is 50.4 Å². The summed E-state index contributed by atoms with van der Waals surface area (Å²) < 4.78 is 11.5. The lowest BCUT2D eigenvalue weighted by atomic mass is 9.63. The SMILES string of the molecule is CC[C@@]1(O)[C@H](C)[C@@H](OC(=O)[C@H](C)[C@H](O)[C@H](C)C(=O)[C@@H](C)c2oc(C)c(C)c(=O)c2C)[C@@H](C)C(=O)[C@@H]1C. The van der Waals surface area contributed by atoms with E-state index in [2.05, 4.69) is 0 Å². The molecule has 0 unspecified atom stereocenters. The normalized spacial score (nSPS) is 29.8. The second-order valence-corrected chi connectivity index (χ2v) is 10.7. The van der Waals surface area contributed by atoms with Crippen molar-refractivity contribution in [2.45, 2.75) is 99.4 Å². The van der Waals surface area contributed by atoms with Gasteiger partial charge in [0.05, 0.1) is 29.5 Å². The number of carbonyl (C=O) groups is 3. The molecule has 2 rings (SSSR count). The van der Waals surface area contributed by atoms with Crippen molar-refractivity contribution in [1.29, 1.82) is 0 Å². The zero-order chi connectivity index (χ0) is 27.9. The summed E-state index contributed by atoms with van der Waals surface area (Å²) in [5.74, 6) is -5.12. The third-order valence-electron chi connectivity index (χ3n) is 8.73. The van der Waals surface area contributed by atoms with Crippen LogP contribution in [0.3, 0.4) is 0 Å². The van der Waals surface area contributed by atoms with Crippen molar-refractivity contribution in [1.82, 2.24) is 0 Å². The number of esters is 1.